The number of carbonyl (C=O) groups excluding carboxylic acids is 1. The van der Waals surface area contributed by atoms with Gasteiger partial charge in [0.2, 0.25) is 5.88 Å². The van der Waals surface area contributed by atoms with Gasteiger partial charge in [0, 0.05) is 43.8 Å². The number of carboxylic acids is 1. The molecule has 0 bridgehead atoms. The van der Waals surface area contributed by atoms with E-state index in [1.807, 2.05) is 22.9 Å². The van der Waals surface area contributed by atoms with Crippen LogP contribution >= 0.6 is 0 Å². The highest BCUT2D eigenvalue weighted by Gasteiger charge is 2.33. The molecule has 0 radical (unpaired) electrons. The predicted molar refractivity (Wildman–Crippen MR) is 130 cm³/mol. The molecule has 0 fully saturated rings. The van der Waals surface area contributed by atoms with Crippen molar-refractivity contribution in [1.29, 1.82) is 0 Å². The maximum absolute atomic E-state index is 13.4. The molecule has 3 aromatic rings. The number of rotatable bonds is 8. The van der Waals surface area contributed by atoms with Crippen molar-refractivity contribution in [3.05, 3.63) is 71.3 Å². The van der Waals surface area contributed by atoms with Crippen LogP contribution in [0.3, 0.4) is 0 Å². The highest BCUT2D eigenvalue weighted by Crippen LogP contribution is 2.30. The zero-order valence-electron chi connectivity index (χ0n) is 19.7. The first-order chi connectivity index (χ1) is 17.0. The molecule has 2 unspecified atom stereocenters. The Bertz CT molecular complexity index is 1220. The van der Waals surface area contributed by atoms with Crippen LogP contribution in [0, 0.1) is 0 Å². The summed E-state index contributed by atoms with van der Waals surface area (Å²) in [4.78, 5) is 35.4. The molecule has 182 valence electrons. The number of hydrogen-bond acceptors (Lipinski definition) is 6. The Balaban J connectivity index is 1.28. The molecule has 0 spiro atoms. The Labute approximate surface area is 203 Å². The lowest BCUT2D eigenvalue weighted by Crippen LogP contribution is -2.43. The average Bonchev–Trinajstić information content (AvgIpc) is 3.30. The summed E-state index contributed by atoms with van der Waals surface area (Å²) >= 11 is 0. The van der Waals surface area contributed by atoms with Gasteiger partial charge in [0.1, 0.15) is 11.5 Å². The van der Waals surface area contributed by atoms with Crippen LogP contribution in [-0.4, -0.2) is 56.1 Å². The number of carbonyl (C=O) groups is 2. The van der Waals surface area contributed by atoms with E-state index in [9.17, 15) is 14.7 Å². The van der Waals surface area contributed by atoms with Crippen LogP contribution in [0.25, 0.3) is 0 Å². The van der Waals surface area contributed by atoms with E-state index in [-0.39, 0.29) is 12.3 Å². The summed E-state index contributed by atoms with van der Waals surface area (Å²) < 4.78 is 7.10. The van der Waals surface area contributed by atoms with Crippen LogP contribution in [0.2, 0.25) is 0 Å². The Kier molecular flexibility index (Phi) is 6.39. The molecule has 35 heavy (non-hydrogen) atoms. The zero-order valence-corrected chi connectivity index (χ0v) is 19.7. The number of amides is 1. The molecule has 0 saturated heterocycles. The van der Waals surface area contributed by atoms with Gasteiger partial charge in [-0.2, -0.15) is 0 Å². The Morgan fingerprint density at radius 1 is 1.29 bits per heavy atom. The second kappa shape index (κ2) is 9.77. The fourth-order valence-electron chi connectivity index (χ4n) is 5.04. The van der Waals surface area contributed by atoms with Gasteiger partial charge in [0.25, 0.3) is 5.91 Å². The molecule has 2 N–H and O–H groups in total. The van der Waals surface area contributed by atoms with E-state index in [0.717, 1.165) is 37.1 Å². The second-order valence-corrected chi connectivity index (χ2v) is 9.10. The predicted octanol–water partition coefficient (Wildman–Crippen LogP) is 3.32. The number of nitrogens with zero attached hydrogens (tertiary/aromatic N) is 4. The van der Waals surface area contributed by atoms with Crippen molar-refractivity contribution in [3.8, 4) is 5.88 Å². The minimum atomic E-state index is -0.962. The van der Waals surface area contributed by atoms with Crippen LogP contribution in [0.5, 0.6) is 5.88 Å². The zero-order chi connectivity index (χ0) is 24.4. The standard InChI is InChI=1S/C26H29N5O4/c1-35-23-9-6-19(15-28-23)21(14-24(32)33)31-12-11-30-16-17(13-22(30)26(31)34)4-7-20-8-5-18-3-2-10-27-25(18)29-20/h2-3,6,9-10,13,15-16,20-21H,4-5,7-8,11-12,14H2,1H3,(H,27,29)(H,32,33). The van der Waals surface area contributed by atoms with Gasteiger partial charge in [0.05, 0.1) is 19.6 Å². The normalized spacial score (nSPS) is 17.8. The van der Waals surface area contributed by atoms with Crippen molar-refractivity contribution in [1.82, 2.24) is 19.4 Å². The van der Waals surface area contributed by atoms with E-state index in [0.29, 0.717) is 36.3 Å². The summed E-state index contributed by atoms with van der Waals surface area (Å²) in [5.41, 5.74) is 3.66. The quantitative estimate of drug-likeness (QED) is 0.514. The highest BCUT2D eigenvalue weighted by atomic mass is 16.5. The molecular formula is C26H29N5O4. The minimum Gasteiger partial charge on any atom is -0.481 e. The van der Waals surface area contributed by atoms with Crippen molar-refractivity contribution in [2.75, 3.05) is 19.0 Å². The molecule has 1 amide bonds. The second-order valence-electron chi connectivity index (χ2n) is 9.10. The van der Waals surface area contributed by atoms with E-state index < -0.39 is 12.0 Å². The van der Waals surface area contributed by atoms with E-state index in [2.05, 4.69) is 27.5 Å². The minimum absolute atomic E-state index is 0.154. The molecule has 2 aliphatic rings. The molecule has 0 aromatic carbocycles. The topological polar surface area (TPSA) is 110 Å². The summed E-state index contributed by atoms with van der Waals surface area (Å²) in [6.07, 6.45) is 9.16. The van der Waals surface area contributed by atoms with Gasteiger partial charge >= 0.3 is 5.97 Å². The van der Waals surface area contributed by atoms with Crippen molar-refractivity contribution in [3.63, 3.8) is 0 Å². The number of aromatic nitrogens is 3. The molecule has 0 aliphatic carbocycles. The molecule has 0 saturated carbocycles. The smallest absolute Gasteiger partial charge is 0.305 e. The molecule has 2 atom stereocenters. The van der Waals surface area contributed by atoms with E-state index in [4.69, 9.17) is 4.74 Å². The number of anilines is 1. The van der Waals surface area contributed by atoms with Gasteiger partial charge in [-0.25, -0.2) is 9.97 Å². The number of aliphatic carboxylic acids is 1. The number of nitrogens with one attached hydrogen (secondary N) is 1. The number of methoxy groups -OCH3 is 1. The number of carboxylic acid groups (broad SMARTS) is 1. The largest absolute Gasteiger partial charge is 0.481 e. The number of ether oxygens (including phenoxy) is 1. The third-order valence-corrected chi connectivity index (χ3v) is 6.89. The lowest BCUT2D eigenvalue weighted by atomic mass is 9.96. The van der Waals surface area contributed by atoms with Crippen molar-refractivity contribution in [2.24, 2.45) is 0 Å². The number of aryl methyl sites for hydroxylation is 2. The molecule has 9 nitrogen and oxygen atoms in total. The molecule has 9 heteroatoms. The summed E-state index contributed by atoms with van der Waals surface area (Å²) in [5.74, 6) is 0.302. The first kappa shape index (κ1) is 22.9. The number of pyridine rings is 2. The SMILES string of the molecule is COc1ccc(C(CC(=O)O)N2CCn3cc(CCC4CCc5cccnc5N4)cc3C2=O)cn1. The fraction of sp³-hybridized carbons (Fsp3) is 0.385. The van der Waals surface area contributed by atoms with Crippen LogP contribution in [-0.2, 0) is 24.2 Å². The Hall–Kier alpha value is -3.88. The van der Waals surface area contributed by atoms with Crippen molar-refractivity contribution < 1.29 is 19.4 Å². The lowest BCUT2D eigenvalue weighted by molar-refractivity contribution is -0.138. The maximum atomic E-state index is 13.4. The van der Waals surface area contributed by atoms with Gasteiger partial charge in [0.15, 0.2) is 0 Å². The summed E-state index contributed by atoms with van der Waals surface area (Å²) in [6, 6.07) is 9.26. The summed E-state index contributed by atoms with van der Waals surface area (Å²) in [7, 11) is 1.52. The van der Waals surface area contributed by atoms with Gasteiger partial charge in [-0.15, -0.1) is 0 Å². The van der Waals surface area contributed by atoms with E-state index >= 15 is 0 Å². The molecule has 5 rings (SSSR count). The molecule has 5 heterocycles. The average molecular weight is 476 g/mol. The van der Waals surface area contributed by atoms with Crippen LogP contribution in [0.4, 0.5) is 5.82 Å². The van der Waals surface area contributed by atoms with Crippen molar-refractivity contribution in [2.45, 2.75) is 50.7 Å². The summed E-state index contributed by atoms with van der Waals surface area (Å²) in [5, 5.41) is 13.1. The molecule has 3 aromatic heterocycles. The fourth-order valence-corrected chi connectivity index (χ4v) is 5.04. The lowest BCUT2D eigenvalue weighted by Gasteiger charge is -2.34. The van der Waals surface area contributed by atoms with Crippen LogP contribution in [0.15, 0.2) is 48.9 Å². The highest BCUT2D eigenvalue weighted by molar-refractivity contribution is 5.94. The monoisotopic (exact) mass is 475 g/mol. The van der Waals surface area contributed by atoms with Crippen LogP contribution in [0.1, 0.15) is 52.5 Å². The third-order valence-electron chi connectivity index (χ3n) is 6.89. The van der Waals surface area contributed by atoms with Gasteiger partial charge in [-0.1, -0.05) is 12.1 Å². The Morgan fingerprint density at radius 2 is 2.17 bits per heavy atom. The maximum Gasteiger partial charge on any atom is 0.305 e. The number of hydrogen-bond donors (Lipinski definition) is 2. The first-order valence-corrected chi connectivity index (χ1v) is 11.9. The van der Waals surface area contributed by atoms with E-state index in [1.165, 1.54) is 12.7 Å². The Morgan fingerprint density at radius 3 is 2.94 bits per heavy atom. The third kappa shape index (κ3) is 4.84. The van der Waals surface area contributed by atoms with Crippen molar-refractivity contribution >= 4 is 17.7 Å². The van der Waals surface area contributed by atoms with Crippen LogP contribution < -0.4 is 10.1 Å². The van der Waals surface area contributed by atoms with Gasteiger partial charge in [-0.05, 0) is 54.5 Å². The first-order valence-electron chi connectivity index (χ1n) is 11.9. The number of fused-ring (bicyclic) bond motifs is 2. The molecule has 2 aliphatic heterocycles. The van der Waals surface area contributed by atoms with Gasteiger partial charge in [-0.3, -0.25) is 9.59 Å². The molecular weight excluding hydrogens is 446 g/mol. The van der Waals surface area contributed by atoms with Gasteiger partial charge < -0.3 is 24.6 Å². The summed E-state index contributed by atoms with van der Waals surface area (Å²) in [6.45, 7) is 1.07. The van der Waals surface area contributed by atoms with E-state index in [1.54, 1.807) is 23.2 Å².